The van der Waals surface area contributed by atoms with Gasteiger partial charge in [0.05, 0.1) is 0 Å². The average molecular weight is 348 g/mol. The van der Waals surface area contributed by atoms with Gasteiger partial charge in [-0.2, -0.15) is 4.98 Å². The highest BCUT2D eigenvalue weighted by Crippen LogP contribution is 2.27. The Labute approximate surface area is 148 Å². The molecule has 2 N–H and O–H groups in total. The lowest BCUT2D eigenvalue weighted by molar-refractivity contribution is -0.134. The van der Waals surface area contributed by atoms with Crippen LogP contribution in [0, 0.1) is 12.8 Å². The molecular weight excluding hydrogens is 320 g/mol. The fourth-order valence-electron chi connectivity index (χ4n) is 3.63. The Morgan fingerprint density at radius 1 is 1.36 bits per heavy atom. The number of carbonyl (C=O) groups excluding carboxylic acids is 1. The summed E-state index contributed by atoms with van der Waals surface area (Å²) in [7, 11) is 1.75. The maximum atomic E-state index is 12.5. The zero-order valence-electron chi connectivity index (χ0n) is 15.1. The third kappa shape index (κ3) is 4.70. The van der Waals surface area contributed by atoms with E-state index in [1.807, 2.05) is 4.90 Å². The molecule has 1 atom stereocenters. The molecule has 1 saturated carbocycles. The first-order chi connectivity index (χ1) is 12.2. The first-order valence-corrected chi connectivity index (χ1v) is 9.21. The quantitative estimate of drug-likeness (QED) is 0.606. The van der Waals surface area contributed by atoms with Crippen molar-refractivity contribution < 1.29 is 9.32 Å². The van der Waals surface area contributed by atoms with Crippen LogP contribution in [0.1, 0.15) is 43.8 Å². The number of amides is 1. The van der Waals surface area contributed by atoms with Gasteiger partial charge in [0.2, 0.25) is 11.8 Å². The molecule has 1 aromatic heterocycles. The van der Waals surface area contributed by atoms with Crippen molar-refractivity contribution in [2.75, 3.05) is 26.7 Å². The molecule has 1 unspecified atom stereocenters. The van der Waals surface area contributed by atoms with Crippen LogP contribution in [0.25, 0.3) is 0 Å². The second-order valence-corrected chi connectivity index (χ2v) is 6.88. The summed E-state index contributed by atoms with van der Waals surface area (Å²) in [5, 5.41) is 10.4. The first kappa shape index (κ1) is 17.7. The van der Waals surface area contributed by atoms with E-state index in [4.69, 9.17) is 4.52 Å². The molecule has 1 saturated heterocycles. The summed E-state index contributed by atoms with van der Waals surface area (Å²) < 4.78 is 5.10. The molecular formula is C17H28N6O2. The Morgan fingerprint density at radius 3 is 2.84 bits per heavy atom. The Morgan fingerprint density at radius 2 is 2.16 bits per heavy atom. The van der Waals surface area contributed by atoms with Crippen LogP contribution in [-0.4, -0.2) is 59.6 Å². The molecule has 1 amide bonds. The van der Waals surface area contributed by atoms with Gasteiger partial charge in [0, 0.05) is 45.1 Å². The molecule has 3 rings (SSSR count). The summed E-state index contributed by atoms with van der Waals surface area (Å²) in [6, 6.07) is 0.252. The molecule has 8 nitrogen and oxygen atoms in total. The number of rotatable bonds is 5. The lowest BCUT2D eigenvalue weighted by Crippen LogP contribution is -2.45. The van der Waals surface area contributed by atoms with E-state index >= 15 is 0 Å². The van der Waals surface area contributed by atoms with Gasteiger partial charge in [-0.1, -0.05) is 18.0 Å². The summed E-state index contributed by atoms with van der Waals surface area (Å²) in [5.41, 5.74) is 0. The first-order valence-electron chi connectivity index (χ1n) is 9.21. The second kappa shape index (κ2) is 8.31. The predicted octanol–water partition coefficient (Wildman–Crippen LogP) is 0.877. The molecule has 8 heteroatoms. The van der Waals surface area contributed by atoms with Gasteiger partial charge >= 0.3 is 0 Å². The number of guanidine groups is 1. The summed E-state index contributed by atoms with van der Waals surface area (Å²) in [4.78, 5) is 23.0. The number of carbonyl (C=O) groups is 1. The van der Waals surface area contributed by atoms with Gasteiger partial charge in [-0.3, -0.25) is 9.79 Å². The van der Waals surface area contributed by atoms with Crippen molar-refractivity contribution in [1.82, 2.24) is 25.7 Å². The Balaban J connectivity index is 1.40. The SMILES string of the molecule is CN=C(NCCc1nc(C)no1)NC1CCN(C(=O)C2CCCC2)C1. The third-order valence-corrected chi connectivity index (χ3v) is 4.97. The third-order valence-electron chi connectivity index (χ3n) is 4.97. The van der Waals surface area contributed by atoms with Crippen LogP contribution in [0.15, 0.2) is 9.52 Å². The van der Waals surface area contributed by atoms with E-state index in [9.17, 15) is 4.79 Å². The van der Waals surface area contributed by atoms with Crippen molar-refractivity contribution in [1.29, 1.82) is 0 Å². The Hall–Kier alpha value is -2.12. The van der Waals surface area contributed by atoms with Crippen LogP contribution in [0.3, 0.4) is 0 Å². The lowest BCUT2D eigenvalue weighted by atomic mass is 10.1. The van der Waals surface area contributed by atoms with Crippen LogP contribution in [0.2, 0.25) is 0 Å². The Bertz CT molecular complexity index is 608. The second-order valence-electron chi connectivity index (χ2n) is 6.88. The van der Waals surface area contributed by atoms with E-state index in [1.165, 1.54) is 12.8 Å². The molecule has 1 aliphatic carbocycles. The predicted molar refractivity (Wildman–Crippen MR) is 94.2 cm³/mol. The fourth-order valence-corrected chi connectivity index (χ4v) is 3.63. The van der Waals surface area contributed by atoms with E-state index in [0.717, 1.165) is 38.3 Å². The number of hydrogen-bond acceptors (Lipinski definition) is 5. The van der Waals surface area contributed by atoms with Crippen molar-refractivity contribution in [3.8, 4) is 0 Å². The zero-order valence-corrected chi connectivity index (χ0v) is 15.1. The average Bonchev–Trinajstić information content (AvgIpc) is 3.35. The highest BCUT2D eigenvalue weighted by Gasteiger charge is 2.32. The smallest absolute Gasteiger partial charge is 0.228 e. The molecule has 0 radical (unpaired) electrons. The van der Waals surface area contributed by atoms with Gasteiger partial charge in [0.15, 0.2) is 11.8 Å². The van der Waals surface area contributed by atoms with Crippen LogP contribution in [0.4, 0.5) is 0 Å². The monoisotopic (exact) mass is 348 g/mol. The lowest BCUT2D eigenvalue weighted by Gasteiger charge is -2.21. The number of nitrogens with zero attached hydrogens (tertiary/aromatic N) is 4. The highest BCUT2D eigenvalue weighted by molar-refractivity contribution is 5.81. The largest absolute Gasteiger partial charge is 0.356 e. The van der Waals surface area contributed by atoms with Crippen molar-refractivity contribution in [2.45, 2.75) is 51.5 Å². The minimum atomic E-state index is 0.252. The number of aryl methyl sites for hydroxylation is 1. The van der Waals surface area contributed by atoms with Gasteiger partial charge in [-0.25, -0.2) is 0 Å². The van der Waals surface area contributed by atoms with Gasteiger partial charge in [0.1, 0.15) is 0 Å². The Kier molecular flexibility index (Phi) is 5.88. The normalized spacial score (nSPS) is 21.8. The van der Waals surface area contributed by atoms with E-state index in [2.05, 4.69) is 25.8 Å². The van der Waals surface area contributed by atoms with Crippen LogP contribution < -0.4 is 10.6 Å². The standard InChI is InChI=1S/C17H28N6O2/c1-12-20-15(25-22-12)7-9-19-17(18-2)21-14-8-10-23(11-14)16(24)13-5-3-4-6-13/h13-14H,3-11H2,1-2H3,(H2,18,19,21). The summed E-state index contributed by atoms with van der Waals surface area (Å²) in [5.74, 6) is 2.62. The molecule has 0 spiro atoms. The van der Waals surface area contributed by atoms with Gasteiger partial charge in [-0.05, 0) is 26.2 Å². The molecule has 0 aromatic carbocycles. The summed E-state index contributed by atoms with van der Waals surface area (Å²) >= 11 is 0. The summed E-state index contributed by atoms with van der Waals surface area (Å²) in [6.45, 7) is 4.07. The fraction of sp³-hybridized carbons (Fsp3) is 0.765. The van der Waals surface area contributed by atoms with Crippen molar-refractivity contribution in [2.24, 2.45) is 10.9 Å². The van der Waals surface area contributed by atoms with Crippen molar-refractivity contribution >= 4 is 11.9 Å². The number of nitrogens with one attached hydrogen (secondary N) is 2. The zero-order chi connectivity index (χ0) is 17.6. The van der Waals surface area contributed by atoms with E-state index in [-0.39, 0.29) is 12.0 Å². The highest BCUT2D eigenvalue weighted by atomic mass is 16.5. The van der Waals surface area contributed by atoms with Crippen LogP contribution in [-0.2, 0) is 11.2 Å². The number of aliphatic imine (C=N–C) groups is 1. The van der Waals surface area contributed by atoms with E-state index in [0.29, 0.717) is 30.6 Å². The maximum absolute atomic E-state index is 12.5. The minimum Gasteiger partial charge on any atom is -0.356 e. The number of likely N-dealkylation sites (tertiary alicyclic amines) is 1. The molecule has 0 bridgehead atoms. The number of hydrogen-bond donors (Lipinski definition) is 2. The molecule has 1 aliphatic heterocycles. The molecule has 2 heterocycles. The van der Waals surface area contributed by atoms with Crippen molar-refractivity contribution in [3.05, 3.63) is 11.7 Å². The van der Waals surface area contributed by atoms with Crippen molar-refractivity contribution in [3.63, 3.8) is 0 Å². The molecule has 138 valence electrons. The number of aromatic nitrogens is 2. The minimum absolute atomic E-state index is 0.252. The van der Waals surface area contributed by atoms with Gasteiger partial charge in [-0.15, -0.1) is 0 Å². The topological polar surface area (TPSA) is 95.7 Å². The molecule has 2 aliphatic rings. The van der Waals surface area contributed by atoms with E-state index < -0.39 is 0 Å². The maximum Gasteiger partial charge on any atom is 0.228 e. The van der Waals surface area contributed by atoms with Gasteiger partial charge < -0.3 is 20.1 Å². The van der Waals surface area contributed by atoms with Crippen LogP contribution >= 0.6 is 0 Å². The van der Waals surface area contributed by atoms with E-state index in [1.54, 1.807) is 14.0 Å². The van der Waals surface area contributed by atoms with Crippen LogP contribution in [0.5, 0.6) is 0 Å². The molecule has 2 fully saturated rings. The van der Waals surface area contributed by atoms with Gasteiger partial charge in [0.25, 0.3) is 0 Å². The summed E-state index contributed by atoms with van der Waals surface area (Å²) in [6.07, 6.45) is 6.13. The molecule has 25 heavy (non-hydrogen) atoms. The molecule has 1 aromatic rings.